The van der Waals surface area contributed by atoms with Gasteiger partial charge in [-0.1, -0.05) is 6.07 Å². The molecule has 0 bridgehead atoms. The first-order valence-corrected chi connectivity index (χ1v) is 11.6. The van der Waals surface area contributed by atoms with Crippen LogP contribution in [0.1, 0.15) is 32.8 Å². The van der Waals surface area contributed by atoms with Crippen molar-refractivity contribution in [3.63, 3.8) is 0 Å². The molecule has 0 aliphatic carbocycles. The molecule has 3 rings (SSSR count). The second-order valence-corrected chi connectivity index (χ2v) is 8.47. The van der Waals surface area contributed by atoms with Gasteiger partial charge in [-0.2, -0.15) is 5.26 Å². The van der Waals surface area contributed by atoms with Crippen LogP contribution in [0.25, 0.3) is 0 Å². The first-order chi connectivity index (χ1) is 17.0. The number of carbonyl (C=O) groups excluding carboxylic acids is 2. The molecule has 35 heavy (non-hydrogen) atoms. The molecule has 0 saturated heterocycles. The number of hydrogen-bond acceptors (Lipinski definition) is 8. The maximum atomic E-state index is 13.4. The lowest BCUT2D eigenvalue weighted by Crippen LogP contribution is -2.28. The molecular weight excluding hydrogens is 470 g/mol. The van der Waals surface area contributed by atoms with Crippen molar-refractivity contribution < 1.29 is 23.8 Å². The minimum absolute atomic E-state index is 0.138. The number of aryl methyl sites for hydroxylation is 1. The lowest BCUT2D eigenvalue weighted by atomic mass is 10.0. The van der Waals surface area contributed by atoms with E-state index in [9.17, 15) is 19.6 Å². The summed E-state index contributed by atoms with van der Waals surface area (Å²) in [5, 5.41) is 14.1. The Hall–Kier alpha value is -3.94. The summed E-state index contributed by atoms with van der Waals surface area (Å²) >= 11 is 1.53. The number of nitrogens with zero attached hydrogens (tertiary/aromatic N) is 2. The van der Waals surface area contributed by atoms with Crippen molar-refractivity contribution in [1.82, 2.24) is 9.88 Å². The molecule has 0 saturated carbocycles. The highest BCUT2D eigenvalue weighted by atomic mass is 32.1. The van der Waals surface area contributed by atoms with Crippen molar-refractivity contribution in [3.05, 3.63) is 79.9 Å². The molecule has 10 heteroatoms. The monoisotopic (exact) mass is 495 g/mol. The zero-order chi connectivity index (χ0) is 25.2. The van der Waals surface area contributed by atoms with E-state index in [1.54, 1.807) is 19.2 Å². The van der Waals surface area contributed by atoms with Gasteiger partial charge in [-0.05, 0) is 42.1 Å². The van der Waals surface area contributed by atoms with Crippen LogP contribution in [0.2, 0.25) is 0 Å². The van der Waals surface area contributed by atoms with E-state index in [1.165, 1.54) is 41.3 Å². The largest absolute Gasteiger partial charge is 0.497 e. The SMILES string of the molecule is COCCCn1cc(C(=O)c2cc(OC)ccc2OCC(=O)NCc2cccs2)cc(C#N)c1=O. The molecular formula is C25H25N3O6S. The van der Waals surface area contributed by atoms with Gasteiger partial charge in [0.25, 0.3) is 11.5 Å². The average molecular weight is 496 g/mol. The number of ether oxygens (including phenoxy) is 3. The Bertz CT molecular complexity index is 1280. The van der Waals surface area contributed by atoms with E-state index in [-0.39, 0.29) is 41.5 Å². The third-order valence-corrected chi connectivity index (χ3v) is 5.92. The maximum Gasteiger partial charge on any atom is 0.268 e. The highest BCUT2D eigenvalue weighted by molar-refractivity contribution is 7.09. The molecule has 1 amide bonds. The molecule has 0 radical (unpaired) electrons. The fraction of sp³-hybridized carbons (Fsp3) is 0.280. The smallest absolute Gasteiger partial charge is 0.268 e. The molecule has 3 aromatic rings. The lowest BCUT2D eigenvalue weighted by Gasteiger charge is -2.14. The first-order valence-electron chi connectivity index (χ1n) is 10.7. The molecule has 0 spiro atoms. The normalized spacial score (nSPS) is 10.4. The van der Waals surface area contributed by atoms with E-state index in [2.05, 4.69) is 5.32 Å². The number of amides is 1. The number of hydrogen-bond donors (Lipinski definition) is 1. The average Bonchev–Trinajstić information content (AvgIpc) is 3.40. The fourth-order valence-corrected chi connectivity index (χ4v) is 3.92. The predicted octanol–water partition coefficient (Wildman–Crippen LogP) is 2.75. The molecule has 1 aromatic carbocycles. The van der Waals surface area contributed by atoms with E-state index in [4.69, 9.17) is 14.2 Å². The van der Waals surface area contributed by atoms with Gasteiger partial charge in [0.2, 0.25) is 0 Å². The quantitative estimate of drug-likeness (QED) is 0.303. The zero-order valence-corrected chi connectivity index (χ0v) is 20.2. The summed E-state index contributed by atoms with van der Waals surface area (Å²) in [6, 6.07) is 11.6. The molecule has 2 aromatic heterocycles. The van der Waals surface area contributed by atoms with Crippen LogP contribution in [-0.2, 0) is 22.6 Å². The van der Waals surface area contributed by atoms with E-state index >= 15 is 0 Å². The molecule has 2 heterocycles. The van der Waals surface area contributed by atoms with Gasteiger partial charge in [-0.15, -0.1) is 11.3 Å². The minimum Gasteiger partial charge on any atom is -0.497 e. The molecule has 9 nitrogen and oxygen atoms in total. The number of benzene rings is 1. The molecule has 0 aliphatic heterocycles. The number of nitriles is 1. The third kappa shape index (κ3) is 6.79. The van der Waals surface area contributed by atoms with E-state index in [0.29, 0.717) is 25.3 Å². The van der Waals surface area contributed by atoms with Crippen molar-refractivity contribution >= 4 is 23.0 Å². The summed E-state index contributed by atoms with van der Waals surface area (Å²) in [5.41, 5.74) is -0.350. The maximum absolute atomic E-state index is 13.4. The number of pyridine rings is 1. The van der Waals surface area contributed by atoms with Gasteiger partial charge in [-0.25, -0.2) is 0 Å². The summed E-state index contributed by atoms with van der Waals surface area (Å²) in [5.74, 6) is -0.226. The Kier molecular flexibility index (Phi) is 9.17. The van der Waals surface area contributed by atoms with Gasteiger partial charge in [0.05, 0.1) is 19.2 Å². The molecule has 0 aliphatic rings. The number of aromatic nitrogens is 1. The molecule has 182 valence electrons. The van der Waals surface area contributed by atoms with Crippen LogP contribution >= 0.6 is 11.3 Å². The van der Waals surface area contributed by atoms with E-state index in [1.807, 2.05) is 23.6 Å². The van der Waals surface area contributed by atoms with Gasteiger partial charge < -0.3 is 24.1 Å². The van der Waals surface area contributed by atoms with Crippen LogP contribution in [0.3, 0.4) is 0 Å². The van der Waals surface area contributed by atoms with E-state index < -0.39 is 11.3 Å². The van der Waals surface area contributed by atoms with Gasteiger partial charge in [0, 0.05) is 36.9 Å². The topological polar surface area (TPSA) is 120 Å². The number of thiophene rings is 1. The Balaban J connectivity index is 1.84. The summed E-state index contributed by atoms with van der Waals surface area (Å²) in [4.78, 5) is 39.2. The van der Waals surface area contributed by atoms with Crippen LogP contribution < -0.4 is 20.3 Å². The Morgan fingerprint density at radius 2 is 2.03 bits per heavy atom. The molecule has 0 unspecified atom stereocenters. The second-order valence-electron chi connectivity index (χ2n) is 7.44. The highest BCUT2D eigenvalue weighted by Gasteiger charge is 2.20. The Morgan fingerprint density at radius 3 is 2.71 bits per heavy atom. The van der Waals surface area contributed by atoms with Crippen molar-refractivity contribution in [2.24, 2.45) is 0 Å². The highest BCUT2D eigenvalue weighted by Crippen LogP contribution is 2.27. The number of methoxy groups -OCH3 is 2. The van der Waals surface area contributed by atoms with Crippen LogP contribution in [-0.4, -0.2) is 43.7 Å². The second kappa shape index (κ2) is 12.5. The Labute approximate surface area is 206 Å². The number of ketones is 1. The summed E-state index contributed by atoms with van der Waals surface area (Å²) < 4.78 is 17.3. The summed E-state index contributed by atoms with van der Waals surface area (Å²) in [6.07, 6.45) is 1.95. The minimum atomic E-state index is -0.482. The van der Waals surface area contributed by atoms with Crippen LogP contribution in [0.15, 0.2) is 52.8 Å². The standard InChI is InChI=1S/C25H25N3O6S/c1-32-9-4-8-28-15-18(11-17(13-26)25(28)31)24(30)21-12-19(33-2)6-7-22(21)34-16-23(29)27-14-20-5-3-10-35-20/h3,5-7,10-12,15H,4,8-9,14,16H2,1-2H3,(H,27,29). The van der Waals surface area contributed by atoms with Gasteiger partial charge in [0.1, 0.15) is 23.1 Å². The van der Waals surface area contributed by atoms with Crippen LogP contribution in [0.4, 0.5) is 0 Å². The number of rotatable bonds is 12. The van der Waals surface area contributed by atoms with Crippen LogP contribution in [0, 0.1) is 11.3 Å². The lowest BCUT2D eigenvalue weighted by molar-refractivity contribution is -0.123. The number of nitrogens with one attached hydrogen (secondary N) is 1. The fourth-order valence-electron chi connectivity index (χ4n) is 3.27. The number of carbonyl (C=O) groups is 2. The molecule has 0 atom stereocenters. The first kappa shape index (κ1) is 25.7. The van der Waals surface area contributed by atoms with Gasteiger partial charge in [-0.3, -0.25) is 14.4 Å². The predicted molar refractivity (Wildman–Crippen MR) is 130 cm³/mol. The van der Waals surface area contributed by atoms with Gasteiger partial charge >= 0.3 is 0 Å². The molecule has 0 fully saturated rings. The summed E-state index contributed by atoms with van der Waals surface area (Å²) in [6.45, 7) is 0.803. The van der Waals surface area contributed by atoms with Crippen LogP contribution in [0.5, 0.6) is 11.5 Å². The van der Waals surface area contributed by atoms with Crippen molar-refractivity contribution in [2.75, 3.05) is 27.4 Å². The third-order valence-electron chi connectivity index (χ3n) is 5.05. The Morgan fingerprint density at radius 1 is 1.20 bits per heavy atom. The molecule has 1 N–H and O–H groups in total. The zero-order valence-electron chi connectivity index (χ0n) is 19.4. The van der Waals surface area contributed by atoms with E-state index in [0.717, 1.165) is 4.88 Å². The van der Waals surface area contributed by atoms with Gasteiger partial charge in [0.15, 0.2) is 12.4 Å². The van der Waals surface area contributed by atoms with Crippen molar-refractivity contribution in [3.8, 4) is 17.6 Å². The van der Waals surface area contributed by atoms with Crippen molar-refractivity contribution in [1.29, 1.82) is 5.26 Å². The van der Waals surface area contributed by atoms with Crippen molar-refractivity contribution in [2.45, 2.75) is 19.5 Å². The summed E-state index contributed by atoms with van der Waals surface area (Å²) in [7, 11) is 3.02.